The van der Waals surface area contributed by atoms with Gasteiger partial charge in [-0.2, -0.15) is 0 Å². The Hall–Kier alpha value is -2.45. The number of aromatic nitrogens is 2. The lowest BCUT2D eigenvalue weighted by Gasteiger charge is -2.28. The number of methoxy groups -OCH3 is 1. The van der Waals surface area contributed by atoms with Gasteiger partial charge in [-0.15, -0.1) is 0 Å². The van der Waals surface area contributed by atoms with Gasteiger partial charge in [0.1, 0.15) is 5.52 Å². The van der Waals surface area contributed by atoms with Crippen LogP contribution in [0.25, 0.3) is 15.8 Å². The molecule has 1 aliphatic carbocycles. The van der Waals surface area contributed by atoms with Crippen molar-refractivity contribution in [1.29, 1.82) is 0 Å². The third-order valence-electron chi connectivity index (χ3n) is 5.55. The number of ether oxygens (including phenoxy) is 2. The molecule has 1 saturated heterocycles. The Morgan fingerprint density at radius 1 is 1.47 bits per heavy atom. The average Bonchev–Trinajstić information content (AvgIpc) is 3.21. The third-order valence-corrected chi connectivity index (χ3v) is 6.56. The van der Waals surface area contributed by atoms with Gasteiger partial charge in [-0.3, -0.25) is 5.32 Å². The molecule has 1 fully saturated rings. The maximum absolute atomic E-state index is 12.9. The Kier molecular flexibility index (Phi) is 6.64. The summed E-state index contributed by atoms with van der Waals surface area (Å²) in [6, 6.07) is -0.129. The summed E-state index contributed by atoms with van der Waals surface area (Å²) in [5, 5.41) is 3.55. The Morgan fingerprint density at radius 2 is 2.37 bits per heavy atom. The lowest BCUT2D eigenvalue weighted by molar-refractivity contribution is 0.0445. The molecule has 4 rings (SSSR count). The molecule has 3 heterocycles. The second-order valence-corrected chi connectivity index (χ2v) is 8.59. The SMILES string of the molecule is CCN(C[C@H]1CCCOC1)C(=O)Nc1nc2c(OC)ncc(C3=CC=CCC3)c2s1. The van der Waals surface area contributed by atoms with Gasteiger partial charge in [0.25, 0.3) is 0 Å². The highest BCUT2D eigenvalue weighted by atomic mass is 32.1. The number of pyridine rings is 1. The van der Waals surface area contributed by atoms with Crippen molar-refractivity contribution in [2.45, 2.75) is 32.6 Å². The van der Waals surface area contributed by atoms with Gasteiger partial charge >= 0.3 is 6.03 Å². The number of allylic oxidation sites excluding steroid dienone is 4. The van der Waals surface area contributed by atoms with Crippen molar-refractivity contribution in [2.24, 2.45) is 5.92 Å². The van der Waals surface area contributed by atoms with E-state index in [0.29, 0.717) is 35.5 Å². The number of anilines is 1. The zero-order chi connectivity index (χ0) is 20.9. The third kappa shape index (κ3) is 4.49. The van der Waals surface area contributed by atoms with E-state index in [4.69, 9.17) is 9.47 Å². The molecule has 160 valence electrons. The number of urea groups is 1. The van der Waals surface area contributed by atoms with Crippen molar-refractivity contribution in [1.82, 2.24) is 14.9 Å². The van der Waals surface area contributed by atoms with Crippen LogP contribution in [0.15, 0.2) is 24.4 Å². The minimum Gasteiger partial charge on any atom is -0.479 e. The first-order valence-electron chi connectivity index (χ1n) is 10.5. The van der Waals surface area contributed by atoms with Crippen LogP contribution in [0.4, 0.5) is 9.93 Å². The Morgan fingerprint density at radius 3 is 3.07 bits per heavy atom. The van der Waals surface area contributed by atoms with Gasteiger partial charge in [-0.25, -0.2) is 14.8 Å². The van der Waals surface area contributed by atoms with E-state index in [-0.39, 0.29) is 6.03 Å². The predicted molar refractivity (Wildman–Crippen MR) is 120 cm³/mol. The number of hydrogen-bond acceptors (Lipinski definition) is 6. The molecule has 30 heavy (non-hydrogen) atoms. The predicted octanol–water partition coefficient (Wildman–Crippen LogP) is 4.71. The molecule has 0 spiro atoms. The molecule has 0 bridgehead atoms. The largest absolute Gasteiger partial charge is 0.479 e. The van der Waals surface area contributed by atoms with E-state index in [2.05, 4.69) is 33.5 Å². The Labute approximate surface area is 180 Å². The molecule has 1 aliphatic heterocycles. The zero-order valence-corrected chi connectivity index (χ0v) is 18.3. The van der Waals surface area contributed by atoms with Gasteiger partial charge in [0.2, 0.25) is 5.88 Å². The highest BCUT2D eigenvalue weighted by molar-refractivity contribution is 7.22. The van der Waals surface area contributed by atoms with Crippen LogP contribution in [-0.2, 0) is 4.74 Å². The van der Waals surface area contributed by atoms with Crippen molar-refractivity contribution in [2.75, 3.05) is 38.7 Å². The molecule has 2 amide bonds. The zero-order valence-electron chi connectivity index (χ0n) is 17.5. The average molecular weight is 429 g/mol. The molecule has 2 aliphatic rings. The fraction of sp³-hybridized carbons (Fsp3) is 0.500. The van der Waals surface area contributed by atoms with E-state index >= 15 is 0 Å². The number of nitrogens with zero attached hydrogens (tertiary/aromatic N) is 3. The van der Waals surface area contributed by atoms with Crippen molar-refractivity contribution < 1.29 is 14.3 Å². The van der Waals surface area contributed by atoms with Gasteiger partial charge in [-0.05, 0) is 38.2 Å². The Balaban J connectivity index is 1.57. The normalized spacial score (nSPS) is 18.9. The van der Waals surface area contributed by atoms with Crippen LogP contribution in [0.2, 0.25) is 0 Å². The lowest BCUT2D eigenvalue weighted by atomic mass is 9.99. The summed E-state index contributed by atoms with van der Waals surface area (Å²) >= 11 is 1.47. The number of fused-ring (bicyclic) bond motifs is 1. The summed E-state index contributed by atoms with van der Waals surface area (Å²) in [6.45, 7) is 4.88. The highest BCUT2D eigenvalue weighted by Gasteiger charge is 2.22. The first-order chi connectivity index (χ1) is 14.7. The number of carbonyl (C=O) groups excluding carboxylic acids is 1. The standard InChI is InChI=1S/C22H28N4O3S/c1-3-26(13-15-8-7-11-29-14-15)22(27)25-21-24-18-19(30-21)17(12-23-20(18)28-2)16-9-5-4-6-10-16/h4-5,9,12,15H,3,6-8,10-11,13-14H2,1-2H3,(H,24,25,27)/t15-/m1/s1. The first kappa shape index (κ1) is 20.8. The van der Waals surface area contributed by atoms with Gasteiger partial charge in [0.05, 0.1) is 18.4 Å². The maximum Gasteiger partial charge on any atom is 0.323 e. The fourth-order valence-corrected chi connectivity index (χ4v) is 4.93. The van der Waals surface area contributed by atoms with Crippen LogP contribution in [-0.4, -0.2) is 54.3 Å². The summed E-state index contributed by atoms with van der Waals surface area (Å²) in [5.41, 5.74) is 2.97. The minimum atomic E-state index is -0.129. The molecule has 1 N–H and O–H groups in total. The maximum atomic E-state index is 12.9. The topological polar surface area (TPSA) is 76.6 Å². The van der Waals surface area contributed by atoms with Crippen LogP contribution < -0.4 is 10.1 Å². The Bertz CT molecular complexity index is 963. The van der Waals surface area contributed by atoms with Crippen LogP contribution in [0.5, 0.6) is 5.88 Å². The number of amides is 2. The molecule has 0 saturated carbocycles. The van der Waals surface area contributed by atoms with Gasteiger partial charge in [0.15, 0.2) is 5.13 Å². The van der Waals surface area contributed by atoms with Gasteiger partial charge < -0.3 is 14.4 Å². The van der Waals surface area contributed by atoms with E-state index in [1.807, 2.05) is 18.0 Å². The van der Waals surface area contributed by atoms with Crippen molar-refractivity contribution in [3.05, 3.63) is 30.0 Å². The van der Waals surface area contributed by atoms with E-state index in [0.717, 1.165) is 49.2 Å². The quantitative estimate of drug-likeness (QED) is 0.721. The molecule has 7 nitrogen and oxygen atoms in total. The molecular weight excluding hydrogens is 400 g/mol. The van der Waals surface area contributed by atoms with Crippen molar-refractivity contribution >= 4 is 38.3 Å². The summed E-state index contributed by atoms with van der Waals surface area (Å²) in [7, 11) is 1.59. The molecule has 2 aromatic rings. The minimum absolute atomic E-state index is 0.129. The fourth-order valence-electron chi connectivity index (χ4n) is 3.94. The lowest BCUT2D eigenvalue weighted by Crippen LogP contribution is -2.40. The summed E-state index contributed by atoms with van der Waals surface area (Å²) in [6.07, 6.45) is 12.3. The monoisotopic (exact) mass is 428 g/mol. The van der Waals surface area contributed by atoms with Crippen molar-refractivity contribution in [3.8, 4) is 5.88 Å². The number of thiazole rings is 1. The first-order valence-corrected chi connectivity index (χ1v) is 11.3. The summed E-state index contributed by atoms with van der Waals surface area (Å²) < 4.78 is 12.0. The second-order valence-electron chi connectivity index (χ2n) is 7.59. The molecule has 0 unspecified atom stereocenters. The number of rotatable bonds is 6. The van der Waals surface area contributed by atoms with E-state index in [1.165, 1.54) is 16.9 Å². The second kappa shape index (κ2) is 9.57. The van der Waals surface area contributed by atoms with Crippen LogP contribution in [0, 0.1) is 5.92 Å². The number of hydrogen-bond donors (Lipinski definition) is 1. The van der Waals surface area contributed by atoms with Gasteiger partial charge in [-0.1, -0.05) is 29.6 Å². The van der Waals surface area contributed by atoms with Crippen molar-refractivity contribution in [3.63, 3.8) is 0 Å². The van der Waals surface area contributed by atoms with E-state index < -0.39 is 0 Å². The molecule has 8 heteroatoms. The van der Waals surface area contributed by atoms with Crippen LogP contribution in [0.1, 0.15) is 38.2 Å². The van der Waals surface area contributed by atoms with Crippen LogP contribution in [0.3, 0.4) is 0 Å². The summed E-state index contributed by atoms with van der Waals surface area (Å²) in [4.78, 5) is 23.8. The highest BCUT2D eigenvalue weighted by Crippen LogP contribution is 2.38. The number of carbonyl (C=O) groups is 1. The molecule has 2 aromatic heterocycles. The molecule has 0 radical (unpaired) electrons. The smallest absolute Gasteiger partial charge is 0.323 e. The van der Waals surface area contributed by atoms with E-state index in [1.54, 1.807) is 7.11 Å². The molecular formula is C22H28N4O3S. The molecule has 1 atom stereocenters. The van der Waals surface area contributed by atoms with E-state index in [9.17, 15) is 4.79 Å². The van der Waals surface area contributed by atoms with Gasteiger partial charge in [0, 0.05) is 37.4 Å². The van der Waals surface area contributed by atoms with Crippen LogP contribution >= 0.6 is 11.3 Å². The molecule has 0 aromatic carbocycles. The summed E-state index contributed by atoms with van der Waals surface area (Å²) in [5.74, 6) is 0.867. The number of nitrogens with one attached hydrogen (secondary N) is 1.